The van der Waals surface area contributed by atoms with Crippen molar-refractivity contribution in [2.45, 2.75) is 33.4 Å². The third kappa shape index (κ3) is 4.10. The molecule has 20 heavy (non-hydrogen) atoms. The van der Waals surface area contributed by atoms with Gasteiger partial charge >= 0.3 is 0 Å². The summed E-state index contributed by atoms with van der Waals surface area (Å²) in [5.41, 5.74) is 3.58. The number of nitrogens with zero attached hydrogens (tertiary/aromatic N) is 2. The van der Waals surface area contributed by atoms with Crippen LogP contribution in [0.25, 0.3) is 0 Å². The molecule has 4 nitrogen and oxygen atoms in total. The Hall–Kier alpha value is -1.81. The highest BCUT2D eigenvalue weighted by atomic mass is 35.5. The molecule has 0 bridgehead atoms. The summed E-state index contributed by atoms with van der Waals surface area (Å²) >= 11 is 5.82. The van der Waals surface area contributed by atoms with E-state index in [1.807, 2.05) is 0 Å². The largest absolute Gasteiger partial charge is 0.383 e. The molecule has 0 spiro atoms. The minimum absolute atomic E-state index is 0.428. The van der Waals surface area contributed by atoms with E-state index in [0.29, 0.717) is 23.7 Å². The van der Waals surface area contributed by atoms with Crippen molar-refractivity contribution in [3.05, 3.63) is 46.7 Å². The first-order chi connectivity index (χ1) is 9.54. The second kappa shape index (κ2) is 6.57. The van der Waals surface area contributed by atoms with Crippen molar-refractivity contribution in [1.82, 2.24) is 9.97 Å². The number of rotatable bonds is 5. The van der Waals surface area contributed by atoms with E-state index in [9.17, 15) is 0 Å². The fraction of sp³-hybridized carbons (Fsp3) is 0.333. The fourth-order valence-electron chi connectivity index (χ4n) is 1.91. The van der Waals surface area contributed by atoms with Gasteiger partial charge in [0.05, 0.1) is 0 Å². The van der Waals surface area contributed by atoms with Gasteiger partial charge in [0.2, 0.25) is 5.95 Å². The first-order valence-corrected chi connectivity index (χ1v) is 7.01. The second-order valence-electron chi connectivity index (χ2n) is 5.00. The Balaban J connectivity index is 2.02. The molecule has 1 aromatic carbocycles. The Labute approximate surface area is 124 Å². The van der Waals surface area contributed by atoms with Crippen molar-refractivity contribution >= 4 is 23.2 Å². The maximum atomic E-state index is 5.82. The summed E-state index contributed by atoms with van der Waals surface area (Å²) in [4.78, 5) is 8.21. The number of nitrogens with one attached hydrogen (secondary N) is 2. The van der Waals surface area contributed by atoms with Crippen LogP contribution in [0.4, 0.5) is 11.6 Å². The molecule has 1 aromatic heterocycles. The quantitative estimate of drug-likeness (QED) is 0.821. The molecule has 106 valence electrons. The molecule has 0 atom stereocenters. The van der Waals surface area contributed by atoms with Gasteiger partial charge in [-0.25, -0.2) is 9.97 Å². The Bertz CT molecular complexity index is 584. The molecule has 2 N–H and O–H groups in total. The summed E-state index contributed by atoms with van der Waals surface area (Å²) < 4.78 is 0. The zero-order chi connectivity index (χ0) is 14.5. The predicted octanol–water partition coefficient (Wildman–Crippen LogP) is 3.87. The minimum atomic E-state index is 0.428. The predicted molar refractivity (Wildman–Crippen MR) is 84.3 cm³/mol. The van der Waals surface area contributed by atoms with Crippen molar-refractivity contribution in [1.29, 1.82) is 0 Å². The van der Waals surface area contributed by atoms with Crippen LogP contribution >= 0.6 is 11.6 Å². The van der Waals surface area contributed by atoms with Crippen molar-refractivity contribution in [2.24, 2.45) is 0 Å². The lowest BCUT2D eigenvalue weighted by Crippen LogP contribution is -2.11. The van der Waals surface area contributed by atoms with Crippen LogP contribution in [0.3, 0.4) is 0 Å². The molecule has 2 rings (SSSR count). The topological polar surface area (TPSA) is 49.8 Å². The third-order valence-electron chi connectivity index (χ3n) is 2.81. The van der Waals surface area contributed by atoms with Gasteiger partial charge in [0.1, 0.15) is 5.15 Å². The van der Waals surface area contributed by atoms with E-state index in [4.69, 9.17) is 11.6 Å². The maximum Gasteiger partial charge on any atom is 0.224 e. The van der Waals surface area contributed by atoms with E-state index < -0.39 is 0 Å². The normalized spacial score (nSPS) is 10.7. The van der Waals surface area contributed by atoms with Gasteiger partial charge in [-0.3, -0.25) is 0 Å². The van der Waals surface area contributed by atoms with Gasteiger partial charge in [0.15, 0.2) is 0 Å². The molecule has 0 aliphatic carbocycles. The highest BCUT2D eigenvalue weighted by molar-refractivity contribution is 6.29. The Morgan fingerprint density at radius 3 is 2.70 bits per heavy atom. The zero-order valence-corrected chi connectivity index (χ0v) is 12.7. The van der Waals surface area contributed by atoms with Crippen LogP contribution in [0.1, 0.15) is 25.0 Å². The first-order valence-electron chi connectivity index (χ1n) is 6.63. The summed E-state index contributed by atoms with van der Waals surface area (Å²) in [6, 6.07) is 8.43. The summed E-state index contributed by atoms with van der Waals surface area (Å²) in [6.07, 6.45) is 1.64. The SMILES string of the molecule is Cc1cc(CNc2nccc(Cl)n2)ccc1NC(C)C. The van der Waals surface area contributed by atoms with E-state index in [1.165, 1.54) is 16.8 Å². The summed E-state index contributed by atoms with van der Waals surface area (Å²) in [5, 5.41) is 7.02. The van der Waals surface area contributed by atoms with Gasteiger partial charge in [0.25, 0.3) is 0 Å². The van der Waals surface area contributed by atoms with E-state index in [1.54, 1.807) is 12.3 Å². The Kier molecular flexibility index (Phi) is 4.79. The molecule has 0 saturated heterocycles. The fourth-order valence-corrected chi connectivity index (χ4v) is 2.05. The highest BCUT2D eigenvalue weighted by Crippen LogP contribution is 2.18. The van der Waals surface area contributed by atoms with Gasteiger partial charge in [0, 0.05) is 24.5 Å². The molecule has 0 unspecified atom stereocenters. The number of aryl methyl sites for hydroxylation is 1. The molecule has 0 radical (unpaired) electrons. The lowest BCUT2D eigenvalue weighted by molar-refractivity contribution is 0.897. The molecule has 5 heteroatoms. The van der Waals surface area contributed by atoms with E-state index in [0.717, 1.165) is 0 Å². The first kappa shape index (κ1) is 14.6. The Morgan fingerprint density at radius 2 is 2.05 bits per heavy atom. The zero-order valence-electron chi connectivity index (χ0n) is 11.9. The van der Waals surface area contributed by atoms with Crippen molar-refractivity contribution in [3.63, 3.8) is 0 Å². The smallest absolute Gasteiger partial charge is 0.224 e. The van der Waals surface area contributed by atoms with Gasteiger partial charge in [-0.2, -0.15) is 0 Å². The molecular weight excluding hydrogens is 272 g/mol. The lowest BCUT2D eigenvalue weighted by atomic mass is 10.1. The number of aromatic nitrogens is 2. The van der Waals surface area contributed by atoms with Crippen LogP contribution in [-0.4, -0.2) is 16.0 Å². The van der Waals surface area contributed by atoms with Crippen molar-refractivity contribution in [3.8, 4) is 0 Å². The van der Waals surface area contributed by atoms with Crippen molar-refractivity contribution in [2.75, 3.05) is 10.6 Å². The molecule has 0 amide bonds. The van der Waals surface area contributed by atoms with E-state index >= 15 is 0 Å². The third-order valence-corrected chi connectivity index (χ3v) is 3.02. The van der Waals surface area contributed by atoms with Crippen LogP contribution < -0.4 is 10.6 Å². The van der Waals surface area contributed by atoms with Gasteiger partial charge in [-0.15, -0.1) is 0 Å². The highest BCUT2D eigenvalue weighted by Gasteiger charge is 2.02. The summed E-state index contributed by atoms with van der Waals surface area (Å²) in [7, 11) is 0. The van der Waals surface area contributed by atoms with Crippen LogP contribution in [0, 0.1) is 6.92 Å². The van der Waals surface area contributed by atoms with Gasteiger partial charge < -0.3 is 10.6 Å². The van der Waals surface area contributed by atoms with E-state index in [2.05, 4.69) is 59.6 Å². The number of hydrogen-bond donors (Lipinski definition) is 2. The molecule has 0 fully saturated rings. The molecule has 0 aliphatic rings. The number of halogens is 1. The lowest BCUT2D eigenvalue weighted by Gasteiger charge is -2.14. The summed E-state index contributed by atoms with van der Waals surface area (Å²) in [5.74, 6) is 0.541. The number of hydrogen-bond acceptors (Lipinski definition) is 4. The summed E-state index contributed by atoms with van der Waals surface area (Å²) in [6.45, 7) is 7.03. The molecule has 0 saturated carbocycles. The maximum absolute atomic E-state index is 5.82. The van der Waals surface area contributed by atoms with Crippen molar-refractivity contribution < 1.29 is 0 Å². The number of anilines is 2. The minimum Gasteiger partial charge on any atom is -0.383 e. The number of benzene rings is 1. The van der Waals surface area contributed by atoms with Crippen LogP contribution in [0.2, 0.25) is 5.15 Å². The Morgan fingerprint density at radius 1 is 1.25 bits per heavy atom. The average molecular weight is 291 g/mol. The second-order valence-corrected chi connectivity index (χ2v) is 5.39. The average Bonchev–Trinajstić information content (AvgIpc) is 2.39. The molecule has 2 aromatic rings. The molecule has 0 aliphatic heterocycles. The van der Waals surface area contributed by atoms with E-state index in [-0.39, 0.29) is 0 Å². The van der Waals surface area contributed by atoms with Gasteiger partial charge in [-0.05, 0) is 44.0 Å². The van der Waals surface area contributed by atoms with Crippen LogP contribution in [-0.2, 0) is 6.54 Å². The molecular formula is C15H19ClN4. The standard InChI is InChI=1S/C15H19ClN4/c1-10(2)19-13-5-4-12(8-11(13)3)9-18-15-17-7-6-14(16)20-15/h4-8,10,19H,9H2,1-3H3,(H,17,18,20). The monoisotopic (exact) mass is 290 g/mol. The molecule has 1 heterocycles. The van der Waals surface area contributed by atoms with Crippen LogP contribution in [0.5, 0.6) is 0 Å². The van der Waals surface area contributed by atoms with Crippen LogP contribution in [0.15, 0.2) is 30.5 Å². The van der Waals surface area contributed by atoms with Gasteiger partial charge in [-0.1, -0.05) is 23.7 Å².